The molecule has 2 aliphatic rings. The van der Waals surface area contributed by atoms with Crippen LogP contribution < -0.4 is 0 Å². The second kappa shape index (κ2) is 4.56. The van der Waals surface area contributed by atoms with Crippen molar-refractivity contribution in [3.8, 4) is 0 Å². The lowest BCUT2D eigenvalue weighted by molar-refractivity contribution is -0.164. The second-order valence-corrected chi connectivity index (χ2v) is 6.26. The fourth-order valence-electron chi connectivity index (χ4n) is 3.25. The Morgan fingerprint density at radius 1 is 1.38 bits per heavy atom. The molecule has 0 saturated heterocycles. The summed E-state index contributed by atoms with van der Waals surface area (Å²) in [6, 6.07) is 9.23. The molecule has 1 fully saturated rings. The number of aliphatic imine (C=N–C) groups is 1. The number of aliphatic hydroxyl groups excluding tert-OH is 1. The topological polar surface area (TPSA) is 79.1 Å². The lowest BCUT2D eigenvalue weighted by Gasteiger charge is -2.51. The molecule has 2 bridgehead atoms. The Labute approximate surface area is 123 Å². The standard InChI is InChI=1S/C16H19NO4/c1-10-8-12(18)16(14(19)20)9-15(10,2)21-13(17-16)11-6-4-3-5-7-11/h3-7,10,12,18H,8-9H2,1-2H3,(H,19,20)/t10-,12+,15-,16-/m0/s1. The zero-order chi connectivity index (χ0) is 15.3. The van der Waals surface area contributed by atoms with Crippen LogP contribution in [0.5, 0.6) is 0 Å². The van der Waals surface area contributed by atoms with Crippen LogP contribution in [0.4, 0.5) is 0 Å². The molecule has 0 unspecified atom stereocenters. The van der Waals surface area contributed by atoms with Crippen molar-refractivity contribution in [1.82, 2.24) is 0 Å². The van der Waals surface area contributed by atoms with Crippen molar-refractivity contribution in [2.24, 2.45) is 10.9 Å². The van der Waals surface area contributed by atoms with Crippen molar-refractivity contribution in [2.75, 3.05) is 0 Å². The minimum Gasteiger partial charge on any atom is -0.479 e. The first-order valence-corrected chi connectivity index (χ1v) is 7.13. The van der Waals surface area contributed by atoms with Gasteiger partial charge in [-0.3, -0.25) is 0 Å². The summed E-state index contributed by atoms with van der Waals surface area (Å²) in [4.78, 5) is 16.1. The summed E-state index contributed by atoms with van der Waals surface area (Å²) < 4.78 is 6.04. The monoisotopic (exact) mass is 289 g/mol. The lowest BCUT2D eigenvalue weighted by Crippen LogP contribution is -2.63. The number of ether oxygens (including phenoxy) is 1. The van der Waals surface area contributed by atoms with E-state index in [1.165, 1.54) is 0 Å². The van der Waals surface area contributed by atoms with Crippen LogP contribution in [0.3, 0.4) is 0 Å². The van der Waals surface area contributed by atoms with Crippen LogP contribution in [-0.4, -0.2) is 39.3 Å². The van der Waals surface area contributed by atoms with E-state index in [1.54, 1.807) is 0 Å². The number of carboxylic acids is 1. The van der Waals surface area contributed by atoms with Crippen LogP contribution >= 0.6 is 0 Å². The molecule has 1 heterocycles. The predicted octanol–water partition coefficient (Wildman–Crippen LogP) is 1.84. The van der Waals surface area contributed by atoms with Gasteiger partial charge in [-0.15, -0.1) is 0 Å². The van der Waals surface area contributed by atoms with Gasteiger partial charge in [0.05, 0.1) is 6.10 Å². The van der Waals surface area contributed by atoms with Crippen LogP contribution in [0, 0.1) is 5.92 Å². The molecule has 21 heavy (non-hydrogen) atoms. The van der Waals surface area contributed by atoms with Crippen molar-refractivity contribution >= 4 is 11.9 Å². The molecule has 1 aromatic rings. The predicted molar refractivity (Wildman–Crippen MR) is 77.2 cm³/mol. The van der Waals surface area contributed by atoms with E-state index in [0.29, 0.717) is 12.3 Å². The maximum Gasteiger partial charge on any atom is 0.334 e. The molecule has 0 amide bonds. The Hall–Kier alpha value is -1.88. The Morgan fingerprint density at radius 2 is 2.05 bits per heavy atom. The molecule has 112 valence electrons. The minimum absolute atomic E-state index is 0.0502. The second-order valence-electron chi connectivity index (χ2n) is 6.26. The third-order valence-corrected chi connectivity index (χ3v) is 4.81. The van der Waals surface area contributed by atoms with E-state index in [-0.39, 0.29) is 12.3 Å². The SMILES string of the molecule is C[C@H]1C[C@@H](O)[C@]2(C(=O)O)C[C@]1(C)OC(c1ccccc1)=N2. The number of hydrogen-bond donors (Lipinski definition) is 2. The Bertz CT molecular complexity index is 600. The molecule has 0 radical (unpaired) electrons. The smallest absolute Gasteiger partial charge is 0.334 e. The Kier molecular flexibility index (Phi) is 3.06. The highest BCUT2D eigenvalue weighted by molar-refractivity contribution is 5.98. The van der Waals surface area contributed by atoms with Crippen molar-refractivity contribution in [1.29, 1.82) is 0 Å². The molecule has 1 saturated carbocycles. The third kappa shape index (κ3) is 2.03. The van der Waals surface area contributed by atoms with E-state index in [4.69, 9.17) is 4.74 Å². The average molecular weight is 289 g/mol. The Balaban J connectivity index is 2.15. The van der Waals surface area contributed by atoms with Crippen LogP contribution in [-0.2, 0) is 9.53 Å². The summed E-state index contributed by atoms with van der Waals surface area (Å²) in [6.45, 7) is 3.88. The fourth-order valence-corrected chi connectivity index (χ4v) is 3.25. The number of aliphatic carboxylic acids is 1. The van der Waals surface area contributed by atoms with Crippen molar-refractivity contribution in [3.63, 3.8) is 0 Å². The normalized spacial score (nSPS) is 38.3. The molecule has 5 nitrogen and oxygen atoms in total. The summed E-state index contributed by atoms with van der Waals surface area (Å²) in [7, 11) is 0. The molecule has 5 heteroatoms. The molecule has 1 aliphatic heterocycles. The zero-order valence-electron chi connectivity index (χ0n) is 12.1. The van der Waals surface area contributed by atoms with E-state index in [1.807, 2.05) is 44.2 Å². The van der Waals surface area contributed by atoms with E-state index in [0.717, 1.165) is 5.56 Å². The molecular formula is C16H19NO4. The first-order valence-electron chi connectivity index (χ1n) is 7.13. The summed E-state index contributed by atoms with van der Waals surface area (Å²) in [5, 5.41) is 20.0. The zero-order valence-corrected chi connectivity index (χ0v) is 12.1. The number of nitrogens with zero attached hydrogens (tertiary/aromatic N) is 1. The summed E-state index contributed by atoms with van der Waals surface area (Å²) in [5.41, 5.74) is -1.41. The van der Waals surface area contributed by atoms with Crippen molar-refractivity contribution in [3.05, 3.63) is 35.9 Å². The number of carbonyl (C=O) groups is 1. The van der Waals surface area contributed by atoms with Gasteiger partial charge in [0.1, 0.15) is 5.60 Å². The van der Waals surface area contributed by atoms with E-state index < -0.39 is 23.2 Å². The van der Waals surface area contributed by atoms with Crippen LogP contribution in [0.1, 0.15) is 32.3 Å². The van der Waals surface area contributed by atoms with Crippen molar-refractivity contribution < 1.29 is 19.7 Å². The molecule has 1 aromatic carbocycles. The summed E-state index contributed by atoms with van der Waals surface area (Å²) in [6.07, 6.45) is -0.441. The van der Waals surface area contributed by atoms with Crippen molar-refractivity contribution in [2.45, 2.75) is 43.9 Å². The molecule has 1 aliphatic carbocycles. The average Bonchev–Trinajstić information content (AvgIpc) is 2.46. The number of rotatable bonds is 2. The van der Waals surface area contributed by atoms with E-state index in [2.05, 4.69) is 4.99 Å². The number of hydrogen-bond acceptors (Lipinski definition) is 4. The van der Waals surface area contributed by atoms with Crippen LogP contribution in [0.2, 0.25) is 0 Å². The minimum atomic E-state index is -1.51. The Morgan fingerprint density at radius 3 is 2.67 bits per heavy atom. The van der Waals surface area contributed by atoms with Gasteiger partial charge < -0.3 is 14.9 Å². The largest absolute Gasteiger partial charge is 0.479 e. The van der Waals surface area contributed by atoms with E-state index >= 15 is 0 Å². The molecule has 3 rings (SSSR count). The summed E-state index contributed by atoms with van der Waals surface area (Å²) >= 11 is 0. The van der Waals surface area contributed by atoms with Gasteiger partial charge in [0, 0.05) is 12.0 Å². The van der Waals surface area contributed by atoms with Gasteiger partial charge in [-0.25, -0.2) is 9.79 Å². The maximum atomic E-state index is 11.8. The quantitative estimate of drug-likeness (QED) is 0.870. The van der Waals surface area contributed by atoms with Gasteiger partial charge in [-0.2, -0.15) is 0 Å². The van der Waals surface area contributed by atoms with Crippen LogP contribution in [0.15, 0.2) is 35.3 Å². The number of fused-ring (bicyclic) bond motifs is 2. The third-order valence-electron chi connectivity index (χ3n) is 4.81. The number of carboxylic acid groups (broad SMARTS) is 1. The maximum absolute atomic E-state index is 11.8. The van der Waals surface area contributed by atoms with Gasteiger partial charge >= 0.3 is 5.97 Å². The van der Waals surface area contributed by atoms with Gasteiger partial charge in [0.25, 0.3) is 0 Å². The highest BCUT2D eigenvalue weighted by atomic mass is 16.5. The molecular weight excluding hydrogens is 270 g/mol. The highest BCUT2D eigenvalue weighted by Gasteiger charge is 2.60. The first-order chi connectivity index (χ1) is 9.87. The molecule has 0 aromatic heterocycles. The highest BCUT2D eigenvalue weighted by Crippen LogP contribution is 2.47. The molecule has 2 N–H and O–H groups in total. The van der Waals surface area contributed by atoms with E-state index in [9.17, 15) is 15.0 Å². The molecule has 0 spiro atoms. The van der Waals surface area contributed by atoms with Gasteiger partial charge in [-0.05, 0) is 31.4 Å². The molecule has 4 atom stereocenters. The van der Waals surface area contributed by atoms with Gasteiger partial charge in [0.2, 0.25) is 5.90 Å². The summed E-state index contributed by atoms with van der Waals surface area (Å²) in [5.74, 6) is -0.739. The van der Waals surface area contributed by atoms with Crippen LogP contribution in [0.25, 0.3) is 0 Å². The number of aliphatic hydroxyl groups is 1. The lowest BCUT2D eigenvalue weighted by atomic mass is 9.66. The van der Waals surface area contributed by atoms with Gasteiger partial charge in [-0.1, -0.05) is 25.1 Å². The first kappa shape index (κ1) is 14.1. The van der Waals surface area contributed by atoms with Gasteiger partial charge in [0.15, 0.2) is 5.54 Å². The fraction of sp³-hybridized carbons (Fsp3) is 0.500. The number of benzene rings is 1.